The van der Waals surface area contributed by atoms with Gasteiger partial charge in [0.25, 0.3) is 0 Å². The van der Waals surface area contributed by atoms with Crippen molar-refractivity contribution >= 4 is 12.1 Å². The molecule has 1 atom stereocenters. The number of hydrogen-bond acceptors (Lipinski definition) is 5. The summed E-state index contributed by atoms with van der Waals surface area (Å²) < 4.78 is 15.5. The number of ether oxygens (including phenoxy) is 3. The molecule has 5 heteroatoms. The Labute approximate surface area is 160 Å². The largest absolute Gasteiger partial charge is 0.513 e. The minimum Gasteiger partial charge on any atom is -0.459 e. The standard InChI is InChI=1S/C22H26O5/c1-3-8-18-12-14-19(15-13-18)21(23)26-17(2)9-7-16-25-22(24)27-20-10-5-4-6-11-20/h4-6,10-15,17H,3,7-9,16H2,1-2H3. The zero-order chi connectivity index (χ0) is 19.5. The van der Waals surface area contributed by atoms with Crippen LogP contribution < -0.4 is 4.74 Å². The summed E-state index contributed by atoms with van der Waals surface area (Å²) in [5, 5.41) is 0. The summed E-state index contributed by atoms with van der Waals surface area (Å²) in [6.45, 7) is 4.15. The number of hydrogen-bond donors (Lipinski definition) is 0. The first-order chi connectivity index (χ1) is 13.1. The lowest BCUT2D eigenvalue weighted by atomic mass is 10.1. The molecule has 2 rings (SSSR count). The monoisotopic (exact) mass is 370 g/mol. The quantitative estimate of drug-likeness (QED) is 0.346. The van der Waals surface area contributed by atoms with Crippen molar-refractivity contribution in [2.75, 3.05) is 6.61 Å². The van der Waals surface area contributed by atoms with Crippen LogP contribution in [0.1, 0.15) is 49.0 Å². The Bertz CT molecular complexity index is 709. The summed E-state index contributed by atoms with van der Waals surface area (Å²) in [7, 11) is 0. The lowest BCUT2D eigenvalue weighted by Gasteiger charge is -2.13. The molecule has 0 bridgehead atoms. The molecule has 0 spiro atoms. The van der Waals surface area contributed by atoms with Crippen LogP contribution in [-0.2, 0) is 15.9 Å². The molecule has 0 aliphatic rings. The van der Waals surface area contributed by atoms with E-state index in [2.05, 4.69) is 6.92 Å². The van der Waals surface area contributed by atoms with Gasteiger partial charge in [0.1, 0.15) is 5.75 Å². The summed E-state index contributed by atoms with van der Waals surface area (Å²) in [5.41, 5.74) is 1.76. The van der Waals surface area contributed by atoms with E-state index >= 15 is 0 Å². The van der Waals surface area contributed by atoms with Crippen molar-refractivity contribution < 1.29 is 23.8 Å². The van der Waals surface area contributed by atoms with Crippen LogP contribution in [0.15, 0.2) is 54.6 Å². The number of aryl methyl sites for hydroxylation is 1. The Morgan fingerprint density at radius 2 is 1.70 bits per heavy atom. The fraction of sp³-hybridized carbons (Fsp3) is 0.364. The molecule has 0 amide bonds. The molecule has 2 aromatic rings. The summed E-state index contributed by atoms with van der Waals surface area (Å²) >= 11 is 0. The molecule has 144 valence electrons. The van der Waals surface area contributed by atoms with Gasteiger partial charge in [0, 0.05) is 0 Å². The maximum Gasteiger partial charge on any atom is 0.513 e. The Kier molecular flexibility index (Phi) is 8.36. The molecule has 0 heterocycles. The number of carbonyl (C=O) groups excluding carboxylic acids is 2. The minimum absolute atomic E-state index is 0.208. The molecule has 0 saturated heterocycles. The maximum atomic E-state index is 12.1. The van der Waals surface area contributed by atoms with E-state index in [0.717, 1.165) is 12.8 Å². The van der Waals surface area contributed by atoms with Gasteiger partial charge in [-0.1, -0.05) is 43.7 Å². The van der Waals surface area contributed by atoms with Crippen molar-refractivity contribution in [3.63, 3.8) is 0 Å². The molecule has 2 aromatic carbocycles. The highest BCUT2D eigenvalue weighted by Gasteiger charge is 2.12. The molecule has 0 aliphatic carbocycles. The molecule has 5 nitrogen and oxygen atoms in total. The van der Waals surface area contributed by atoms with Crippen LogP contribution in [0.25, 0.3) is 0 Å². The second-order valence-electron chi connectivity index (χ2n) is 6.32. The summed E-state index contributed by atoms with van der Waals surface area (Å²) in [4.78, 5) is 23.7. The molecule has 1 unspecified atom stereocenters. The first-order valence-electron chi connectivity index (χ1n) is 9.28. The SMILES string of the molecule is CCCc1ccc(C(=O)OC(C)CCCOC(=O)Oc2ccccc2)cc1. The van der Waals surface area contributed by atoms with Crippen molar-refractivity contribution in [2.24, 2.45) is 0 Å². The Morgan fingerprint density at radius 1 is 1.00 bits per heavy atom. The van der Waals surface area contributed by atoms with Gasteiger partial charge in [0.05, 0.1) is 18.3 Å². The van der Waals surface area contributed by atoms with Crippen molar-refractivity contribution in [1.82, 2.24) is 0 Å². The van der Waals surface area contributed by atoms with Crippen LogP contribution in [0.4, 0.5) is 4.79 Å². The van der Waals surface area contributed by atoms with E-state index in [1.807, 2.05) is 25.1 Å². The fourth-order valence-corrected chi connectivity index (χ4v) is 2.55. The van der Waals surface area contributed by atoms with E-state index in [-0.39, 0.29) is 18.7 Å². The van der Waals surface area contributed by atoms with E-state index < -0.39 is 6.16 Å². The van der Waals surface area contributed by atoms with Gasteiger partial charge >= 0.3 is 12.1 Å². The van der Waals surface area contributed by atoms with Gasteiger partial charge < -0.3 is 14.2 Å². The summed E-state index contributed by atoms with van der Waals surface area (Å²) in [5.74, 6) is 0.102. The average molecular weight is 370 g/mol. The molecule has 0 N–H and O–H groups in total. The van der Waals surface area contributed by atoms with Crippen molar-refractivity contribution in [3.8, 4) is 5.75 Å². The second-order valence-corrected chi connectivity index (χ2v) is 6.32. The van der Waals surface area contributed by atoms with Crippen LogP contribution in [0.3, 0.4) is 0 Å². The Hall–Kier alpha value is -2.82. The van der Waals surface area contributed by atoms with Gasteiger partial charge in [-0.3, -0.25) is 0 Å². The van der Waals surface area contributed by atoms with E-state index in [0.29, 0.717) is 24.2 Å². The lowest BCUT2D eigenvalue weighted by molar-refractivity contribution is 0.0297. The Morgan fingerprint density at radius 3 is 2.37 bits per heavy atom. The highest BCUT2D eigenvalue weighted by Crippen LogP contribution is 2.12. The van der Waals surface area contributed by atoms with Gasteiger partial charge in [-0.25, -0.2) is 9.59 Å². The number of carbonyl (C=O) groups is 2. The number of benzene rings is 2. The van der Waals surface area contributed by atoms with E-state index in [1.54, 1.807) is 36.4 Å². The van der Waals surface area contributed by atoms with Gasteiger partial charge in [-0.05, 0) is 56.0 Å². The van der Waals surface area contributed by atoms with Crippen LogP contribution in [-0.4, -0.2) is 24.8 Å². The lowest BCUT2D eigenvalue weighted by Crippen LogP contribution is -2.17. The van der Waals surface area contributed by atoms with Gasteiger partial charge in [-0.15, -0.1) is 0 Å². The highest BCUT2D eigenvalue weighted by molar-refractivity contribution is 5.89. The van der Waals surface area contributed by atoms with Crippen molar-refractivity contribution in [2.45, 2.75) is 45.6 Å². The zero-order valence-corrected chi connectivity index (χ0v) is 15.9. The van der Waals surface area contributed by atoms with Crippen molar-refractivity contribution in [1.29, 1.82) is 0 Å². The molecule has 0 radical (unpaired) electrons. The molecule has 0 fully saturated rings. The maximum absolute atomic E-state index is 12.1. The third-order valence-corrected chi connectivity index (χ3v) is 3.96. The van der Waals surface area contributed by atoms with Crippen LogP contribution >= 0.6 is 0 Å². The van der Waals surface area contributed by atoms with Crippen molar-refractivity contribution in [3.05, 3.63) is 65.7 Å². The van der Waals surface area contributed by atoms with E-state index in [1.165, 1.54) is 5.56 Å². The van der Waals surface area contributed by atoms with Gasteiger partial charge in [0.2, 0.25) is 0 Å². The molecular formula is C22H26O5. The molecule has 0 aromatic heterocycles. The first-order valence-corrected chi connectivity index (χ1v) is 9.28. The Balaban J connectivity index is 1.64. The van der Waals surface area contributed by atoms with Gasteiger partial charge in [0.15, 0.2) is 0 Å². The number of esters is 1. The zero-order valence-electron chi connectivity index (χ0n) is 15.9. The van der Waals surface area contributed by atoms with Gasteiger partial charge in [-0.2, -0.15) is 0 Å². The predicted molar refractivity (Wildman–Crippen MR) is 103 cm³/mol. The van der Waals surface area contributed by atoms with E-state index in [4.69, 9.17) is 14.2 Å². The van der Waals surface area contributed by atoms with E-state index in [9.17, 15) is 9.59 Å². The molecule has 27 heavy (non-hydrogen) atoms. The second kappa shape index (κ2) is 11.0. The van der Waals surface area contributed by atoms with Crippen LogP contribution in [0.5, 0.6) is 5.75 Å². The normalized spacial score (nSPS) is 11.5. The topological polar surface area (TPSA) is 61.8 Å². The number of rotatable bonds is 9. The highest BCUT2D eigenvalue weighted by atomic mass is 16.7. The van der Waals surface area contributed by atoms with Crippen LogP contribution in [0.2, 0.25) is 0 Å². The smallest absolute Gasteiger partial charge is 0.459 e. The fourth-order valence-electron chi connectivity index (χ4n) is 2.55. The molecule has 0 saturated carbocycles. The average Bonchev–Trinajstić information content (AvgIpc) is 2.67. The van der Waals surface area contributed by atoms with Crippen LogP contribution in [0, 0.1) is 0 Å². The third-order valence-electron chi connectivity index (χ3n) is 3.96. The molecule has 0 aliphatic heterocycles. The summed E-state index contributed by atoms with van der Waals surface area (Å²) in [6.07, 6.45) is 2.24. The predicted octanol–water partition coefficient (Wildman–Crippen LogP) is 5.18. The molecular weight excluding hydrogens is 344 g/mol. The minimum atomic E-state index is -0.738. The summed E-state index contributed by atoms with van der Waals surface area (Å²) in [6, 6.07) is 16.2. The first kappa shape index (κ1) is 20.5. The third kappa shape index (κ3) is 7.52. The number of para-hydroxylation sites is 1.